The van der Waals surface area contributed by atoms with Crippen molar-refractivity contribution in [1.82, 2.24) is 0 Å². The molecule has 0 saturated heterocycles. The molecule has 0 atom stereocenters. The van der Waals surface area contributed by atoms with Crippen LogP contribution >= 0.6 is 45.8 Å². The highest BCUT2D eigenvalue weighted by Crippen LogP contribution is 2.24. The zero-order valence-electron chi connectivity index (χ0n) is 9.58. The predicted molar refractivity (Wildman–Crippen MR) is 88.0 cm³/mol. The molecule has 98 valence electrons. The van der Waals surface area contributed by atoms with Gasteiger partial charge in [-0.2, -0.15) is 0 Å². The lowest BCUT2D eigenvalue weighted by Gasteiger charge is -2.07. The van der Waals surface area contributed by atoms with Crippen molar-refractivity contribution >= 4 is 63.1 Å². The van der Waals surface area contributed by atoms with E-state index in [9.17, 15) is 4.79 Å². The van der Waals surface area contributed by atoms with Gasteiger partial charge in [0.25, 0.3) is 5.91 Å². The molecular formula is C13H9Cl2IN2O. The highest BCUT2D eigenvalue weighted by atomic mass is 127. The van der Waals surface area contributed by atoms with E-state index in [1.54, 1.807) is 36.4 Å². The van der Waals surface area contributed by atoms with Crippen LogP contribution in [0.5, 0.6) is 0 Å². The molecule has 0 aromatic heterocycles. The molecule has 6 heteroatoms. The van der Waals surface area contributed by atoms with Crippen LogP contribution in [-0.4, -0.2) is 5.91 Å². The number of halogens is 3. The van der Waals surface area contributed by atoms with Crippen LogP contribution in [0, 0.1) is 3.57 Å². The number of benzene rings is 2. The van der Waals surface area contributed by atoms with E-state index in [0.29, 0.717) is 27.0 Å². The number of rotatable bonds is 2. The van der Waals surface area contributed by atoms with E-state index in [4.69, 9.17) is 28.9 Å². The summed E-state index contributed by atoms with van der Waals surface area (Å²) in [6, 6.07) is 10.0. The van der Waals surface area contributed by atoms with Crippen LogP contribution in [0.1, 0.15) is 10.4 Å². The number of nitrogens with one attached hydrogen (secondary N) is 1. The van der Waals surface area contributed by atoms with Gasteiger partial charge in [0, 0.05) is 14.8 Å². The van der Waals surface area contributed by atoms with Gasteiger partial charge in [0.1, 0.15) is 0 Å². The Bertz CT molecular complexity index is 647. The first-order valence-electron chi connectivity index (χ1n) is 5.29. The number of nitrogens with two attached hydrogens (primary N) is 1. The number of hydrogen-bond donors (Lipinski definition) is 2. The number of carbonyl (C=O) groups is 1. The molecule has 0 spiro atoms. The summed E-state index contributed by atoms with van der Waals surface area (Å²) >= 11 is 14.0. The largest absolute Gasteiger partial charge is 0.398 e. The molecular weight excluding hydrogens is 398 g/mol. The molecule has 3 nitrogen and oxygen atoms in total. The van der Waals surface area contributed by atoms with Crippen molar-refractivity contribution in [2.45, 2.75) is 0 Å². The fraction of sp³-hybridized carbons (Fsp3) is 0. The predicted octanol–water partition coefficient (Wildman–Crippen LogP) is 4.43. The molecule has 2 aromatic carbocycles. The van der Waals surface area contributed by atoms with Crippen molar-refractivity contribution in [2.75, 3.05) is 11.1 Å². The van der Waals surface area contributed by atoms with E-state index in [1.165, 1.54) is 0 Å². The summed E-state index contributed by atoms with van der Waals surface area (Å²) in [7, 11) is 0. The summed E-state index contributed by atoms with van der Waals surface area (Å²) in [6.45, 7) is 0. The Labute approximate surface area is 134 Å². The maximum absolute atomic E-state index is 12.0. The Morgan fingerprint density at radius 1 is 1.11 bits per heavy atom. The number of hydrogen-bond acceptors (Lipinski definition) is 2. The molecule has 0 heterocycles. The number of anilines is 2. The second-order valence-corrected chi connectivity index (χ2v) is 5.80. The quantitative estimate of drug-likeness (QED) is 0.572. The summed E-state index contributed by atoms with van der Waals surface area (Å²) in [4.78, 5) is 12.0. The first-order valence-corrected chi connectivity index (χ1v) is 7.12. The lowest BCUT2D eigenvalue weighted by molar-refractivity contribution is 0.102. The van der Waals surface area contributed by atoms with Crippen molar-refractivity contribution in [3.8, 4) is 0 Å². The Morgan fingerprint density at radius 3 is 2.47 bits per heavy atom. The summed E-state index contributed by atoms with van der Waals surface area (Å²) in [6.07, 6.45) is 0. The van der Waals surface area contributed by atoms with Crippen molar-refractivity contribution < 1.29 is 4.79 Å². The minimum absolute atomic E-state index is 0.251. The lowest BCUT2D eigenvalue weighted by atomic mass is 10.2. The Hall–Kier alpha value is -0.980. The highest BCUT2D eigenvalue weighted by molar-refractivity contribution is 14.1. The normalized spacial score (nSPS) is 10.3. The molecule has 0 unspecified atom stereocenters. The molecule has 0 fully saturated rings. The monoisotopic (exact) mass is 406 g/mol. The van der Waals surface area contributed by atoms with E-state index < -0.39 is 0 Å². The summed E-state index contributed by atoms with van der Waals surface area (Å²) in [5.74, 6) is -0.251. The smallest absolute Gasteiger partial charge is 0.255 e. The Kier molecular flexibility index (Phi) is 4.54. The summed E-state index contributed by atoms with van der Waals surface area (Å²) in [5, 5.41) is 3.68. The molecule has 0 aliphatic carbocycles. The van der Waals surface area contributed by atoms with Crippen molar-refractivity contribution in [2.24, 2.45) is 0 Å². The van der Waals surface area contributed by atoms with Crippen LogP contribution in [-0.2, 0) is 0 Å². The molecule has 0 saturated carbocycles. The van der Waals surface area contributed by atoms with Crippen LogP contribution in [0.3, 0.4) is 0 Å². The van der Waals surface area contributed by atoms with Gasteiger partial charge in [-0.3, -0.25) is 4.79 Å². The molecule has 3 N–H and O–H groups in total. The topological polar surface area (TPSA) is 55.1 Å². The van der Waals surface area contributed by atoms with Gasteiger partial charge < -0.3 is 11.1 Å². The minimum atomic E-state index is -0.251. The maximum Gasteiger partial charge on any atom is 0.255 e. The van der Waals surface area contributed by atoms with Gasteiger partial charge in [-0.1, -0.05) is 23.2 Å². The second-order valence-electron chi connectivity index (χ2n) is 3.82. The SMILES string of the molecule is Nc1ccc(NC(=O)c2ccc(I)c(Cl)c2)cc1Cl. The number of amides is 1. The van der Waals surface area contributed by atoms with E-state index in [2.05, 4.69) is 27.9 Å². The molecule has 0 aliphatic heterocycles. The van der Waals surface area contributed by atoms with Crippen LogP contribution in [0.4, 0.5) is 11.4 Å². The van der Waals surface area contributed by atoms with Crippen LogP contribution in [0.15, 0.2) is 36.4 Å². The number of carbonyl (C=O) groups excluding carboxylic acids is 1. The molecule has 19 heavy (non-hydrogen) atoms. The second kappa shape index (κ2) is 5.98. The van der Waals surface area contributed by atoms with E-state index >= 15 is 0 Å². The zero-order valence-corrected chi connectivity index (χ0v) is 13.3. The average Bonchev–Trinajstić information content (AvgIpc) is 2.37. The Balaban J connectivity index is 2.20. The summed E-state index contributed by atoms with van der Waals surface area (Å²) < 4.78 is 0.895. The third-order valence-corrected chi connectivity index (χ3v) is 4.34. The maximum atomic E-state index is 12.0. The van der Waals surface area contributed by atoms with Gasteiger partial charge in [-0.25, -0.2) is 0 Å². The van der Waals surface area contributed by atoms with Crippen molar-refractivity contribution in [3.63, 3.8) is 0 Å². The minimum Gasteiger partial charge on any atom is -0.398 e. The molecule has 0 radical (unpaired) electrons. The Morgan fingerprint density at radius 2 is 1.84 bits per heavy atom. The van der Waals surface area contributed by atoms with E-state index in [-0.39, 0.29) is 5.91 Å². The first kappa shape index (κ1) is 14.4. The van der Waals surface area contributed by atoms with E-state index in [0.717, 1.165) is 3.57 Å². The van der Waals surface area contributed by atoms with Gasteiger partial charge in [0.15, 0.2) is 0 Å². The molecule has 2 aromatic rings. The van der Waals surface area contributed by atoms with Crippen molar-refractivity contribution in [1.29, 1.82) is 0 Å². The van der Waals surface area contributed by atoms with Crippen LogP contribution < -0.4 is 11.1 Å². The van der Waals surface area contributed by atoms with E-state index in [1.807, 2.05) is 0 Å². The molecule has 0 aliphatic rings. The third-order valence-electron chi connectivity index (χ3n) is 2.44. The highest BCUT2D eigenvalue weighted by Gasteiger charge is 2.09. The van der Waals surface area contributed by atoms with Crippen LogP contribution in [0.2, 0.25) is 10.0 Å². The van der Waals surface area contributed by atoms with Gasteiger partial charge in [-0.15, -0.1) is 0 Å². The van der Waals surface area contributed by atoms with Gasteiger partial charge in [0.05, 0.1) is 15.7 Å². The standard InChI is InChI=1S/C13H9Cl2IN2O/c14-9-5-7(1-3-11(9)16)13(19)18-8-2-4-12(17)10(15)6-8/h1-6H,17H2,(H,18,19). The zero-order chi connectivity index (χ0) is 14.0. The number of nitrogen functional groups attached to an aromatic ring is 1. The molecule has 2 rings (SSSR count). The summed E-state index contributed by atoms with van der Waals surface area (Å²) in [5.41, 5.74) is 7.14. The fourth-order valence-corrected chi connectivity index (χ4v) is 2.14. The van der Waals surface area contributed by atoms with Gasteiger partial charge in [0.2, 0.25) is 0 Å². The van der Waals surface area contributed by atoms with Crippen LogP contribution in [0.25, 0.3) is 0 Å². The van der Waals surface area contributed by atoms with Crippen molar-refractivity contribution in [3.05, 3.63) is 55.6 Å². The lowest BCUT2D eigenvalue weighted by Crippen LogP contribution is -2.12. The van der Waals surface area contributed by atoms with Gasteiger partial charge >= 0.3 is 0 Å². The molecule has 0 bridgehead atoms. The average molecular weight is 407 g/mol. The third kappa shape index (κ3) is 3.52. The fourth-order valence-electron chi connectivity index (χ4n) is 1.45. The first-order chi connectivity index (χ1) is 8.97. The van der Waals surface area contributed by atoms with Gasteiger partial charge in [-0.05, 0) is 59.0 Å². The molecule has 1 amide bonds.